The van der Waals surface area contributed by atoms with Crippen LogP contribution in [0.4, 0.5) is 0 Å². The highest BCUT2D eigenvalue weighted by Crippen LogP contribution is 2.26. The zero-order chi connectivity index (χ0) is 14.1. The van der Waals surface area contributed by atoms with E-state index in [2.05, 4.69) is 10.4 Å². The maximum atomic E-state index is 12.3. The van der Waals surface area contributed by atoms with Crippen molar-refractivity contribution in [3.05, 3.63) is 27.7 Å². The number of carbonyl (C=O) groups excluding carboxylic acids is 1. The molecule has 0 bridgehead atoms. The van der Waals surface area contributed by atoms with Crippen LogP contribution in [0.2, 0.25) is 0 Å². The number of fused-ring (bicyclic) bond motifs is 1. The molecule has 0 spiro atoms. The van der Waals surface area contributed by atoms with Gasteiger partial charge in [-0.05, 0) is 25.3 Å². The van der Waals surface area contributed by atoms with Gasteiger partial charge in [0.1, 0.15) is 6.54 Å². The average Bonchev–Trinajstić information content (AvgIpc) is 3.25. The molecule has 1 aromatic heterocycles. The molecule has 0 aromatic carbocycles. The molecule has 1 aliphatic carbocycles. The summed E-state index contributed by atoms with van der Waals surface area (Å²) in [4.78, 5) is 26.1. The van der Waals surface area contributed by atoms with Gasteiger partial charge in [0, 0.05) is 38.2 Å². The van der Waals surface area contributed by atoms with Crippen LogP contribution in [-0.4, -0.2) is 39.7 Å². The normalized spacial score (nSPS) is 17.6. The maximum Gasteiger partial charge on any atom is 0.267 e. The van der Waals surface area contributed by atoms with Crippen molar-refractivity contribution in [3.8, 4) is 0 Å². The Morgan fingerprint density at radius 3 is 3.05 bits per heavy atom. The molecule has 1 aromatic rings. The summed E-state index contributed by atoms with van der Waals surface area (Å²) in [6.07, 6.45) is 2.97. The second-order valence-electron chi connectivity index (χ2n) is 5.45. The second-order valence-corrected chi connectivity index (χ2v) is 5.45. The lowest BCUT2D eigenvalue weighted by molar-refractivity contribution is -0.132. The molecule has 2 aliphatic rings. The number of hydrogen-bond acceptors (Lipinski definition) is 4. The molecule has 20 heavy (non-hydrogen) atoms. The lowest BCUT2D eigenvalue weighted by Gasteiger charge is -2.21. The number of carbonyl (C=O) groups is 1. The van der Waals surface area contributed by atoms with Crippen LogP contribution in [0.1, 0.15) is 31.0 Å². The molecule has 1 amide bonds. The van der Waals surface area contributed by atoms with Crippen molar-refractivity contribution < 1.29 is 4.79 Å². The van der Waals surface area contributed by atoms with Crippen molar-refractivity contribution >= 4 is 5.91 Å². The molecule has 108 valence electrons. The highest BCUT2D eigenvalue weighted by atomic mass is 16.2. The van der Waals surface area contributed by atoms with Crippen LogP contribution in [0.3, 0.4) is 0 Å². The van der Waals surface area contributed by atoms with E-state index in [1.54, 1.807) is 6.07 Å². The predicted molar refractivity (Wildman–Crippen MR) is 74.3 cm³/mol. The van der Waals surface area contributed by atoms with E-state index in [4.69, 9.17) is 0 Å². The van der Waals surface area contributed by atoms with E-state index < -0.39 is 0 Å². The van der Waals surface area contributed by atoms with Crippen LogP contribution in [0.15, 0.2) is 10.9 Å². The first kappa shape index (κ1) is 13.3. The van der Waals surface area contributed by atoms with Crippen LogP contribution < -0.4 is 10.9 Å². The molecule has 0 atom stereocenters. The summed E-state index contributed by atoms with van der Waals surface area (Å²) in [5, 5.41) is 7.58. The van der Waals surface area contributed by atoms with E-state index in [-0.39, 0.29) is 18.0 Å². The van der Waals surface area contributed by atoms with Crippen molar-refractivity contribution in [2.24, 2.45) is 0 Å². The standard InChI is InChI=1S/C14H20N4O2/c1-2-17(11-3-4-11)14(20)9-18-13(19)7-10-8-15-6-5-12(10)16-18/h7,11,15H,2-6,8-9H2,1H3. The highest BCUT2D eigenvalue weighted by molar-refractivity contribution is 5.76. The van der Waals surface area contributed by atoms with E-state index in [1.165, 1.54) is 4.68 Å². The minimum atomic E-state index is -0.187. The van der Waals surface area contributed by atoms with Gasteiger partial charge in [0.15, 0.2) is 0 Å². The highest BCUT2D eigenvalue weighted by Gasteiger charge is 2.31. The number of amides is 1. The lowest BCUT2D eigenvalue weighted by Crippen LogP contribution is -2.39. The monoisotopic (exact) mass is 276 g/mol. The predicted octanol–water partition coefficient (Wildman–Crippen LogP) is -0.100. The lowest BCUT2D eigenvalue weighted by atomic mass is 10.1. The Morgan fingerprint density at radius 2 is 2.35 bits per heavy atom. The Bertz CT molecular complexity index is 577. The number of hydrogen-bond donors (Lipinski definition) is 1. The van der Waals surface area contributed by atoms with Gasteiger partial charge in [-0.2, -0.15) is 5.10 Å². The first-order chi connectivity index (χ1) is 9.69. The van der Waals surface area contributed by atoms with E-state index >= 15 is 0 Å². The molecule has 1 saturated carbocycles. The Kier molecular flexibility index (Phi) is 3.56. The number of aromatic nitrogens is 2. The third-order valence-corrected chi connectivity index (χ3v) is 3.95. The topological polar surface area (TPSA) is 67.2 Å². The maximum absolute atomic E-state index is 12.3. The third-order valence-electron chi connectivity index (χ3n) is 3.95. The molecule has 3 rings (SSSR count). The third kappa shape index (κ3) is 2.60. The van der Waals surface area contributed by atoms with Crippen LogP contribution >= 0.6 is 0 Å². The van der Waals surface area contributed by atoms with Crippen molar-refractivity contribution in [1.29, 1.82) is 0 Å². The summed E-state index contributed by atoms with van der Waals surface area (Å²) in [6, 6.07) is 1.99. The fourth-order valence-corrected chi connectivity index (χ4v) is 2.72. The van der Waals surface area contributed by atoms with Crippen molar-refractivity contribution in [1.82, 2.24) is 20.0 Å². The SMILES string of the molecule is CCN(C(=O)Cn1nc2c(cc1=O)CNCC2)C1CC1. The Morgan fingerprint density at radius 1 is 1.55 bits per heavy atom. The smallest absolute Gasteiger partial charge is 0.267 e. The van der Waals surface area contributed by atoms with Crippen LogP contribution in [0.25, 0.3) is 0 Å². The molecule has 2 heterocycles. The molecular formula is C14H20N4O2. The fraction of sp³-hybridized carbons (Fsp3) is 0.643. The number of nitrogens with one attached hydrogen (secondary N) is 1. The Hall–Kier alpha value is -1.69. The van der Waals surface area contributed by atoms with E-state index in [0.717, 1.165) is 37.1 Å². The zero-order valence-corrected chi connectivity index (χ0v) is 11.8. The van der Waals surface area contributed by atoms with Crippen LogP contribution in [0.5, 0.6) is 0 Å². The average molecular weight is 276 g/mol. The van der Waals surface area contributed by atoms with Crippen LogP contribution in [0, 0.1) is 0 Å². The summed E-state index contributed by atoms with van der Waals surface area (Å²) < 4.78 is 1.32. The van der Waals surface area contributed by atoms with Crippen molar-refractivity contribution in [2.75, 3.05) is 13.1 Å². The first-order valence-electron chi connectivity index (χ1n) is 7.29. The zero-order valence-electron chi connectivity index (χ0n) is 11.8. The molecule has 0 radical (unpaired) electrons. The van der Waals surface area contributed by atoms with Crippen LogP contribution in [-0.2, 0) is 24.3 Å². The molecule has 0 saturated heterocycles. The summed E-state index contributed by atoms with van der Waals surface area (Å²) in [7, 11) is 0. The molecule has 6 heteroatoms. The van der Waals surface area contributed by atoms with Gasteiger partial charge in [-0.3, -0.25) is 9.59 Å². The number of nitrogens with zero attached hydrogens (tertiary/aromatic N) is 3. The minimum Gasteiger partial charge on any atom is -0.338 e. The van der Waals surface area contributed by atoms with E-state index in [0.29, 0.717) is 19.1 Å². The Balaban J connectivity index is 1.79. The van der Waals surface area contributed by atoms with Gasteiger partial charge in [-0.1, -0.05) is 0 Å². The van der Waals surface area contributed by atoms with Crippen molar-refractivity contribution in [3.63, 3.8) is 0 Å². The molecule has 1 fully saturated rings. The second kappa shape index (κ2) is 5.36. The number of likely N-dealkylation sites (N-methyl/N-ethyl adjacent to an activating group) is 1. The van der Waals surface area contributed by atoms with Gasteiger partial charge in [0.05, 0.1) is 5.69 Å². The number of rotatable bonds is 4. The van der Waals surface area contributed by atoms with Gasteiger partial charge < -0.3 is 10.2 Å². The van der Waals surface area contributed by atoms with Gasteiger partial charge in [-0.15, -0.1) is 0 Å². The van der Waals surface area contributed by atoms with Gasteiger partial charge in [0.2, 0.25) is 5.91 Å². The van der Waals surface area contributed by atoms with E-state index in [1.807, 2.05) is 11.8 Å². The molecular weight excluding hydrogens is 256 g/mol. The summed E-state index contributed by atoms with van der Waals surface area (Å²) >= 11 is 0. The molecule has 1 aliphatic heterocycles. The fourth-order valence-electron chi connectivity index (χ4n) is 2.72. The first-order valence-corrected chi connectivity index (χ1v) is 7.29. The molecule has 1 N–H and O–H groups in total. The van der Waals surface area contributed by atoms with Crippen molar-refractivity contribution in [2.45, 2.75) is 45.3 Å². The summed E-state index contributed by atoms with van der Waals surface area (Å²) in [5.41, 5.74) is 1.71. The largest absolute Gasteiger partial charge is 0.338 e. The summed E-state index contributed by atoms with van der Waals surface area (Å²) in [6.45, 7) is 4.30. The molecule has 0 unspecified atom stereocenters. The van der Waals surface area contributed by atoms with Gasteiger partial charge >= 0.3 is 0 Å². The van der Waals surface area contributed by atoms with Gasteiger partial charge in [0.25, 0.3) is 5.56 Å². The summed E-state index contributed by atoms with van der Waals surface area (Å²) in [5.74, 6) is -0.00140. The minimum absolute atomic E-state index is 0.00140. The quantitative estimate of drug-likeness (QED) is 0.834. The van der Waals surface area contributed by atoms with Gasteiger partial charge in [-0.25, -0.2) is 4.68 Å². The van der Waals surface area contributed by atoms with E-state index in [9.17, 15) is 9.59 Å². The Labute approximate surface area is 117 Å². The molecule has 6 nitrogen and oxygen atoms in total.